The Balaban J connectivity index is 1.91. The fourth-order valence-electron chi connectivity index (χ4n) is 3.87. The number of sulfone groups is 1. The molecule has 158 valence electrons. The number of nitrogens with zero attached hydrogens (tertiary/aromatic N) is 3. The normalized spacial score (nSPS) is 15.5. The topological polar surface area (TPSA) is 113 Å². The summed E-state index contributed by atoms with van der Waals surface area (Å²) in [7, 11) is -3.46. The number of amides is 1. The van der Waals surface area contributed by atoms with Crippen LogP contribution in [0.5, 0.6) is 0 Å². The van der Waals surface area contributed by atoms with Gasteiger partial charge in [-0.25, -0.2) is 18.4 Å². The maximum Gasteiger partial charge on any atom is 0.233 e. The lowest BCUT2D eigenvalue weighted by atomic mass is 9.87. The van der Waals surface area contributed by atoms with E-state index in [9.17, 15) is 13.2 Å². The molecule has 1 heterocycles. The predicted molar refractivity (Wildman–Crippen MR) is 114 cm³/mol. The molecule has 0 spiro atoms. The molecule has 0 aliphatic heterocycles. The van der Waals surface area contributed by atoms with Crippen molar-refractivity contribution < 1.29 is 13.2 Å². The first-order chi connectivity index (χ1) is 14.2. The van der Waals surface area contributed by atoms with Crippen LogP contribution in [0.3, 0.4) is 0 Å². The van der Waals surface area contributed by atoms with Gasteiger partial charge in [-0.15, -0.1) is 0 Å². The molecule has 0 saturated heterocycles. The molecule has 7 nitrogen and oxygen atoms in total. The molecule has 2 aromatic rings. The highest BCUT2D eigenvalue weighted by Crippen LogP contribution is 2.36. The summed E-state index contributed by atoms with van der Waals surface area (Å²) in [5, 5.41) is 11.9. The number of rotatable bonds is 6. The number of hydrogen-bond donors (Lipinski definition) is 1. The van der Waals surface area contributed by atoms with Crippen LogP contribution in [0.4, 0.5) is 5.82 Å². The molecule has 1 aromatic heterocycles. The maximum atomic E-state index is 13.2. The van der Waals surface area contributed by atoms with Gasteiger partial charge in [0.25, 0.3) is 0 Å². The Morgan fingerprint density at radius 1 is 1.37 bits per heavy atom. The van der Waals surface area contributed by atoms with Crippen molar-refractivity contribution in [2.24, 2.45) is 5.92 Å². The van der Waals surface area contributed by atoms with E-state index in [-0.39, 0.29) is 21.5 Å². The summed E-state index contributed by atoms with van der Waals surface area (Å²) in [5.74, 6) is -0.0419. The molecule has 0 bridgehead atoms. The molecular weight excluding hydrogens is 424 g/mol. The molecule has 1 atom stereocenters. The van der Waals surface area contributed by atoms with Crippen LogP contribution in [-0.4, -0.2) is 30.5 Å². The summed E-state index contributed by atoms with van der Waals surface area (Å²) in [6.07, 6.45) is 7.47. The van der Waals surface area contributed by atoms with E-state index >= 15 is 0 Å². The van der Waals surface area contributed by atoms with Crippen molar-refractivity contribution in [3.8, 4) is 6.07 Å². The van der Waals surface area contributed by atoms with E-state index in [4.69, 9.17) is 16.9 Å². The van der Waals surface area contributed by atoms with Crippen LogP contribution >= 0.6 is 11.6 Å². The summed E-state index contributed by atoms with van der Waals surface area (Å²) in [4.78, 5) is 21.5. The molecule has 1 aromatic carbocycles. The number of anilines is 1. The minimum absolute atomic E-state index is 0.0433. The maximum absolute atomic E-state index is 13.2. The highest BCUT2D eigenvalue weighted by atomic mass is 35.5. The van der Waals surface area contributed by atoms with Gasteiger partial charge >= 0.3 is 0 Å². The molecule has 1 saturated carbocycles. The number of benzene rings is 1. The van der Waals surface area contributed by atoms with Crippen molar-refractivity contribution in [2.75, 3.05) is 11.6 Å². The lowest BCUT2D eigenvalue weighted by Gasteiger charge is -2.21. The van der Waals surface area contributed by atoms with E-state index < -0.39 is 15.8 Å². The molecule has 1 unspecified atom stereocenters. The van der Waals surface area contributed by atoms with Crippen LogP contribution in [0.1, 0.15) is 55.0 Å². The predicted octanol–water partition coefficient (Wildman–Crippen LogP) is 4.02. The fraction of sp³-hybridized carbons (Fsp3) is 0.429. The van der Waals surface area contributed by atoms with Gasteiger partial charge in [-0.1, -0.05) is 43.4 Å². The van der Waals surface area contributed by atoms with Gasteiger partial charge in [0.2, 0.25) is 5.91 Å². The summed E-state index contributed by atoms with van der Waals surface area (Å²) < 4.78 is 23.8. The van der Waals surface area contributed by atoms with Crippen LogP contribution in [-0.2, 0) is 14.6 Å². The van der Waals surface area contributed by atoms with Crippen LogP contribution in [0.2, 0.25) is 5.02 Å². The monoisotopic (exact) mass is 446 g/mol. The Bertz CT molecular complexity index is 1110. The van der Waals surface area contributed by atoms with Gasteiger partial charge in [0.05, 0.1) is 27.7 Å². The number of aromatic nitrogens is 2. The number of carbonyl (C=O) groups excluding carboxylic acids is 1. The molecule has 0 radical (unpaired) electrons. The Labute approximate surface area is 181 Å². The van der Waals surface area contributed by atoms with Gasteiger partial charge in [-0.05, 0) is 37.0 Å². The Morgan fingerprint density at radius 2 is 2.07 bits per heavy atom. The first kappa shape index (κ1) is 22.2. The van der Waals surface area contributed by atoms with E-state index in [1.165, 1.54) is 12.3 Å². The van der Waals surface area contributed by atoms with Crippen molar-refractivity contribution in [3.63, 3.8) is 0 Å². The van der Waals surface area contributed by atoms with E-state index in [1.807, 2.05) is 6.07 Å². The zero-order chi connectivity index (χ0) is 21.9. The lowest BCUT2D eigenvalue weighted by molar-refractivity contribution is -0.118. The number of nitrogens with one attached hydrogen (secondary N) is 1. The van der Waals surface area contributed by atoms with Crippen molar-refractivity contribution in [2.45, 2.75) is 49.8 Å². The van der Waals surface area contributed by atoms with E-state index in [0.29, 0.717) is 29.4 Å². The Kier molecular flexibility index (Phi) is 6.74. The summed E-state index contributed by atoms with van der Waals surface area (Å²) in [6.45, 7) is 1.67. The van der Waals surface area contributed by atoms with Crippen molar-refractivity contribution >= 4 is 33.2 Å². The van der Waals surface area contributed by atoms with Crippen LogP contribution < -0.4 is 5.32 Å². The number of aryl methyl sites for hydroxylation is 1. The van der Waals surface area contributed by atoms with Crippen molar-refractivity contribution in [1.82, 2.24) is 9.97 Å². The second kappa shape index (κ2) is 9.11. The molecule has 1 fully saturated rings. The summed E-state index contributed by atoms with van der Waals surface area (Å²) in [5.41, 5.74) is 1.29. The number of hydrogen-bond acceptors (Lipinski definition) is 6. The van der Waals surface area contributed by atoms with E-state index in [1.54, 1.807) is 19.1 Å². The second-order valence-corrected chi connectivity index (χ2v) is 10.1. The first-order valence-electron chi connectivity index (χ1n) is 9.73. The number of nitriles is 1. The average Bonchev–Trinajstić information content (AvgIpc) is 3.19. The highest BCUT2D eigenvalue weighted by molar-refractivity contribution is 7.90. The molecule has 1 aliphatic rings. The van der Waals surface area contributed by atoms with Crippen LogP contribution in [0.15, 0.2) is 29.3 Å². The van der Waals surface area contributed by atoms with Gasteiger partial charge < -0.3 is 5.32 Å². The smallest absolute Gasteiger partial charge is 0.233 e. The minimum atomic E-state index is -3.46. The highest BCUT2D eigenvalue weighted by Gasteiger charge is 2.28. The molecule has 9 heteroatoms. The third-order valence-electron chi connectivity index (χ3n) is 5.42. The average molecular weight is 447 g/mol. The largest absolute Gasteiger partial charge is 0.309 e. The molecule has 30 heavy (non-hydrogen) atoms. The molecule has 1 N–H and O–H groups in total. The van der Waals surface area contributed by atoms with E-state index in [0.717, 1.165) is 31.9 Å². The summed E-state index contributed by atoms with van der Waals surface area (Å²) in [6, 6.07) is 6.59. The Hall–Kier alpha value is -2.50. The minimum Gasteiger partial charge on any atom is -0.309 e. The molecule has 3 rings (SSSR count). The second-order valence-electron chi connectivity index (χ2n) is 7.69. The van der Waals surface area contributed by atoms with Gasteiger partial charge in [0.15, 0.2) is 21.3 Å². The Morgan fingerprint density at radius 3 is 2.63 bits per heavy atom. The zero-order valence-corrected chi connectivity index (χ0v) is 18.4. The van der Waals surface area contributed by atoms with Crippen LogP contribution in [0.25, 0.3) is 0 Å². The third-order valence-corrected chi connectivity index (χ3v) is 7.00. The van der Waals surface area contributed by atoms with Crippen LogP contribution in [0, 0.1) is 24.2 Å². The fourth-order valence-corrected chi connectivity index (χ4v) is 5.21. The number of carbonyl (C=O) groups is 1. The standard InChI is InChI=1S/C21H23ClN4O3S/c1-13-20(24-12-16(11-23)25-13)26-21(27)17(9-14-5-3-4-6-14)15-7-8-19(18(22)10-15)30(2,28)29/h7-8,10,12,14,17H,3-6,9H2,1-2H3,(H,24,26,27). The van der Waals surface area contributed by atoms with Gasteiger partial charge in [0.1, 0.15) is 6.07 Å². The third kappa shape index (κ3) is 5.15. The lowest BCUT2D eigenvalue weighted by Crippen LogP contribution is -2.24. The SMILES string of the molecule is Cc1nc(C#N)cnc1NC(=O)C(CC1CCCC1)c1ccc(S(C)(=O)=O)c(Cl)c1. The quantitative estimate of drug-likeness (QED) is 0.717. The van der Waals surface area contributed by atoms with E-state index in [2.05, 4.69) is 15.3 Å². The zero-order valence-electron chi connectivity index (χ0n) is 16.9. The molecule has 1 amide bonds. The van der Waals surface area contributed by atoms with Gasteiger partial charge in [0, 0.05) is 6.26 Å². The van der Waals surface area contributed by atoms with Crippen molar-refractivity contribution in [3.05, 3.63) is 46.4 Å². The van der Waals surface area contributed by atoms with Crippen molar-refractivity contribution in [1.29, 1.82) is 5.26 Å². The van der Waals surface area contributed by atoms with Gasteiger partial charge in [-0.3, -0.25) is 4.79 Å². The first-order valence-corrected chi connectivity index (χ1v) is 12.0. The summed E-state index contributed by atoms with van der Waals surface area (Å²) >= 11 is 6.23. The molecular formula is C21H23ClN4O3S. The molecule has 1 aliphatic carbocycles. The number of halogens is 1. The van der Waals surface area contributed by atoms with Gasteiger partial charge in [-0.2, -0.15) is 5.26 Å².